The van der Waals surface area contributed by atoms with E-state index in [1.807, 2.05) is 13.8 Å². The van der Waals surface area contributed by atoms with E-state index in [4.69, 9.17) is 20.9 Å². The third kappa shape index (κ3) is 3.79. The molecule has 7 nitrogen and oxygen atoms in total. The topological polar surface area (TPSA) is 93.0 Å². The van der Waals surface area contributed by atoms with Gasteiger partial charge >= 0.3 is 0 Å². The molecular weight excluding hydrogens is 332 g/mol. The number of carbonyl (C=O) groups excluding carboxylic acids is 1. The Morgan fingerprint density at radius 3 is 2.75 bits per heavy atom. The predicted molar refractivity (Wildman–Crippen MR) is 87.9 cm³/mol. The van der Waals surface area contributed by atoms with Gasteiger partial charge in [-0.25, -0.2) is 0 Å². The van der Waals surface area contributed by atoms with Crippen LogP contribution in [-0.4, -0.2) is 34.2 Å². The number of aromatic nitrogens is 3. The van der Waals surface area contributed by atoms with Crippen molar-refractivity contribution in [1.82, 2.24) is 20.4 Å². The van der Waals surface area contributed by atoms with E-state index < -0.39 is 0 Å². The molecule has 1 fully saturated rings. The molecule has 1 atom stereocenters. The minimum atomic E-state index is -0.344. The van der Waals surface area contributed by atoms with Crippen molar-refractivity contribution in [1.29, 1.82) is 0 Å². The largest absolute Gasteiger partial charge is 0.381 e. The van der Waals surface area contributed by atoms with Crippen molar-refractivity contribution < 1.29 is 14.1 Å². The minimum Gasteiger partial charge on any atom is -0.381 e. The first-order valence-electron chi connectivity index (χ1n) is 8.10. The van der Waals surface area contributed by atoms with Gasteiger partial charge in [-0.15, -0.1) is 0 Å². The summed E-state index contributed by atoms with van der Waals surface area (Å²) in [6.45, 7) is 5.32. The summed E-state index contributed by atoms with van der Waals surface area (Å²) in [5, 5.41) is 7.51. The van der Waals surface area contributed by atoms with E-state index in [9.17, 15) is 4.79 Å². The molecule has 130 valence electrons. The van der Waals surface area contributed by atoms with E-state index in [0.717, 1.165) is 12.8 Å². The van der Waals surface area contributed by atoms with Gasteiger partial charge in [0.05, 0.1) is 5.02 Å². The second-order valence-electron chi connectivity index (χ2n) is 6.28. The van der Waals surface area contributed by atoms with Gasteiger partial charge in [0.1, 0.15) is 11.7 Å². The first kappa shape index (κ1) is 17.0. The van der Waals surface area contributed by atoms with Crippen LogP contribution in [0.15, 0.2) is 16.8 Å². The molecule has 8 heteroatoms. The van der Waals surface area contributed by atoms with Crippen LogP contribution in [0.2, 0.25) is 5.02 Å². The van der Waals surface area contributed by atoms with Crippen molar-refractivity contribution in [3.8, 4) is 0 Å². The van der Waals surface area contributed by atoms with Gasteiger partial charge in [0.15, 0.2) is 5.82 Å². The highest BCUT2D eigenvalue weighted by molar-refractivity contribution is 6.30. The molecule has 0 spiro atoms. The summed E-state index contributed by atoms with van der Waals surface area (Å²) < 4.78 is 10.8. The molecule has 0 radical (unpaired) electrons. The van der Waals surface area contributed by atoms with Crippen molar-refractivity contribution in [2.45, 2.75) is 38.6 Å². The fourth-order valence-corrected chi connectivity index (χ4v) is 2.92. The van der Waals surface area contributed by atoms with Crippen molar-refractivity contribution >= 4 is 17.5 Å². The Hall–Kier alpha value is -1.86. The van der Waals surface area contributed by atoms with Crippen LogP contribution in [-0.2, 0) is 4.74 Å². The second-order valence-corrected chi connectivity index (χ2v) is 6.71. The van der Waals surface area contributed by atoms with Crippen LogP contribution in [0.25, 0.3) is 0 Å². The molecule has 0 saturated carbocycles. The summed E-state index contributed by atoms with van der Waals surface area (Å²) >= 11 is 5.88. The highest BCUT2D eigenvalue weighted by atomic mass is 35.5. The number of rotatable bonds is 5. The van der Waals surface area contributed by atoms with Gasteiger partial charge in [-0.1, -0.05) is 30.6 Å². The van der Waals surface area contributed by atoms with Crippen LogP contribution in [0.4, 0.5) is 0 Å². The van der Waals surface area contributed by atoms with Crippen LogP contribution in [0, 0.1) is 5.92 Å². The van der Waals surface area contributed by atoms with E-state index >= 15 is 0 Å². The van der Waals surface area contributed by atoms with Crippen molar-refractivity contribution in [3.63, 3.8) is 0 Å². The zero-order valence-corrected chi connectivity index (χ0v) is 14.5. The molecule has 1 saturated heterocycles. The molecule has 2 aromatic rings. The van der Waals surface area contributed by atoms with Crippen molar-refractivity contribution in [2.75, 3.05) is 13.2 Å². The number of H-pyrrole nitrogens is 1. The molecule has 1 amide bonds. The highest BCUT2D eigenvalue weighted by Gasteiger charge is 2.32. The van der Waals surface area contributed by atoms with E-state index in [2.05, 4.69) is 20.4 Å². The Balaban J connectivity index is 1.82. The van der Waals surface area contributed by atoms with E-state index in [1.165, 1.54) is 0 Å². The van der Waals surface area contributed by atoms with Gasteiger partial charge in [-0.2, -0.15) is 4.98 Å². The van der Waals surface area contributed by atoms with Gasteiger partial charge in [0, 0.05) is 25.3 Å². The number of ether oxygens (including phenoxy) is 1. The number of aromatic amines is 1. The lowest BCUT2D eigenvalue weighted by molar-refractivity contribution is 0.0467. The number of hydrogen-bond acceptors (Lipinski definition) is 5. The first-order chi connectivity index (χ1) is 11.5. The maximum Gasteiger partial charge on any atom is 0.268 e. The second kappa shape index (κ2) is 7.36. The molecule has 0 unspecified atom stereocenters. The molecule has 24 heavy (non-hydrogen) atoms. The molecule has 1 aliphatic heterocycles. The Labute approximate surface area is 145 Å². The van der Waals surface area contributed by atoms with Crippen molar-refractivity contribution in [2.24, 2.45) is 5.92 Å². The smallest absolute Gasteiger partial charge is 0.268 e. The van der Waals surface area contributed by atoms with Gasteiger partial charge < -0.3 is 19.6 Å². The third-order valence-electron chi connectivity index (χ3n) is 4.16. The highest BCUT2D eigenvalue weighted by Crippen LogP contribution is 2.30. The van der Waals surface area contributed by atoms with Crippen LogP contribution in [0.5, 0.6) is 0 Å². The van der Waals surface area contributed by atoms with Crippen molar-refractivity contribution in [3.05, 3.63) is 34.7 Å². The van der Waals surface area contributed by atoms with Crippen LogP contribution < -0.4 is 5.32 Å². The van der Waals surface area contributed by atoms with E-state index in [-0.39, 0.29) is 23.8 Å². The lowest BCUT2D eigenvalue weighted by Gasteiger charge is -2.28. The fourth-order valence-electron chi connectivity index (χ4n) is 2.76. The fraction of sp³-hybridized carbons (Fsp3) is 0.562. The number of nitrogens with zero attached hydrogens (tertiary/aromatic N) is 2. The lowest BCUT2D eigenvalue weighted by Crippen LogP contribution is -2.36. The van der Waals surface area contributed by atoms with Gasteiger partial charge in [0.25, 0.3) is 5.91 Å². The van der Waals surface area contributed by atoms with Crippen LogP contribution in [0.3, 0.4) is 0 Å². The molecule has 2 aromatic heterocycles. The molecule has 1 aliphatic rings. The summed E-state index contributed by atoms with van der Waals surface area (Å²) in [4.78, 5) is 19.8. The lowest BCUT2D eigenvalue weighted by atomic mass is 9.91. The normalized spacial score (nSPS) is 17.2. The Kier molecular flexibility index (Phi) is 5.20. The number of hydrogen-bond donors (Lipinski definition) is 2. The number of halogens is 1. The zero-order chi connectivity index (χ0) is 17.1. The van der Waals surface area contributed by atoms with Crippen LogP contribution in [0.1, 0.15) is 60.9 Å². The molecule has 0 aliphatic carbocycles. The minimum absolute atomic E-state index is 0.163. The average molecular weight is 353 g/mol. The number of nitrogens with one attached hydrogen (secondary N) is 2. The Morgan fingerprint density at radius 1 is 1.42 bits per heavy atom. The van der Waals surface area contributed by atoms with Gasteiger partial charge in [-0.3, -0.25) is 4.79 Å². The van der Waals surface area contributed by atoms with Crippen LogP contribution >= 0.6 is 11.6 Å². The molecule has 2 N–H and O–H groups in total. The monoisotopic (exact) mass is 352 g/mol. The zero-order valence-electron chi connectivity index (χ0n) is 13.7. The molecule has 3 heterocycles. The Morgan fingerprint density at radius 2 is 2.17 bits per heavy atom. The summed E-state index contributed by atoms with van der Waals surface area (Å²) in [7, 11) is 0. The molecule has 0 aromatic carbocycles. The SMILES string of the molecule is CC(C)c1noc([C@@H](NC(=O)c2cc(Cl)c[nH]2)C2CCOCC2)n1. The summed E-state index contributed by atoms with van der Waals surface area (Å²) in [6.07, 6.45) is 3.23. The summed E-state index contributed by atoms with van der Waals surface area (Å²) in [6, 6.07) is 1.24. The molecular formula is C16H21ClN4O3. The number of amides is 1. The average Bonchev–Trinajstić information content (AvgIpc) is 3.22. The maximum absolute atomic E-state index is 12.5. The van der Waals surface area contributed by atoms with E-state index in [0.29, 0.717) is 35.6 Å². The van der Waals surface area contributed by atoms with Gasteiger partial charge in [0.2, 0.25) is 5.89 Å². The Bertz CT molecular complexity index is 691. The van der Waals surface area contributed by atoms with E-state index in [1.54, 1.807) is 12.3 Å². The maximum atomic E-state index is 12.5. The standard InChI is InChI=1S/C16H21ClN4O3/c1-9(2)14-20-16(24-21-14)13(10-3-5-23-6-4-10)19-15(22)12-7-11(17)8-18-12/h7-10,13,18H,3-6H2,1-2H3,(H,19,22)/t13-/m0/s1. The van der Waals surface area contributed by atoms with Gasteiger partial charge in [-0.05, 0) is 24.8 Å². The third-order valence-corrected chi connectivity index (χ3v) is 4.37. The molecule has 0 bridgehead atoms. The summed E-state index contributed by atoms with van der Waals surface area (Å²) in [5.74, 6) is 1.18. The quantitative estimate of drug-likeness (QED) is 0.862. The first-order valence-corrected chi connectivity index (χ1v) is 8.48. The summed E-state index contributed by atoms with van der Waals surface area (Å²) in [5.41, 5.74) is 0.403. The molecule has 3 rings (SSSR count). The number of carbonyl (C=O) groups is 1. The predicted octanol–water partition coefficient (Wildman–Crippen LogP) is 3.07.